The van der Waals surface area contributed by atoms with E-state index in [1.165, 1.54) is 12.5 Å². The summed E-state index contributed by atoms with van der Waals surface area (Å²) >= 11 is 0. The fraction of sp³-hybridized carbons (Fsp3) is 0.417. The van der Waals surface area contributed by atoms with Crippen molar-refractivity contribution in [2.24, 2.45) is 0 Å². The van der Waals surface area contributed by atoms with Crippen molar-refractivity contribution in [2.75, 3.05) is 0 Å². The van der Waals surface area contributed by atoms with Gasteiger partial charge >= 0.3 is 0 Å². The van der Waals surface area contributed by atoms with E-state index in [4.69, 9.17) is 9.90 Å². The minimum absolute atomic E-state index is 0.174. The fourth-order valence-corrected chi connectivity index (χ4v) is 0.961. The molecule has 0 aliphatic rings. The van der Waals surface area contributed by atoms with E-state index in [1.54, 1.807) is 12.1 Å². The lowest BCUT2D eigenvalue weighted by Crippen LogP contribution is -2.10. The first-order valence-corrected chi connectivity index (χ1v) is 4.61. The number of aldehydes is 1. The maximum Gasteiger partial charge on any atom is 0.116 e. The van der Waals surface area contributed by atoms with Gasteiger partial charge in [-0.15, -0.1) is 0 Å². The topological polar surface area (TPSA) is 37.3 Å². The maximum atomic E-state index is 9.02. The molecule has 2 heteroatoms. The Kier molecular flexibility index (Phi) is 4.92. The maximum absolute atomic E-state index is 9.02. The van der Waals surface area contributed by atoms with Crippen LogP contribution in [0.4, 0.5) is 0 Å². The van der Waals surface area contributed by atoms with E-state index in [0.29, 0.717) is 5.75 Å². The summed E-state index contributed by atoms with van der Waals surface area (Å²) in [4.78, 5) is 8.81. The third kappa shape index (κ3) is 4.65. The SMILES string of the molecule is CC(C)(C)c1ccc(O)cc1.CC=O. The highest BCUT2D eigenvalue weighted by Crippen LogP contribution is 2.23. The predicted molar refractivity (Wildman–Crippen MR) is 58.5 cm³/mol. The van der Waals surface area contributed by atoms with Crippen LogP contribution in [0.3, 0.4) is 0 Å². The molecule has 0 fully saturated rings. The molecule has 0 heterocycles. The largest absolute Gasteiger partial charge is 0.508 e. The van der Waals surface area contributed by atoms with Crippen LogP contribution < -0.4 is 0 Å². The number of phenols is 1. The Labute approximate surface area is 85.6 Å². The molecule has 1 aromatic rings. The van der Waals surface area contributed by atoms with Crippen molar-refractivity contribution in [3.05, 3.63) is 29.8 Å². The molecule has 0 aliphatic heterocycles. The summed E-state index contributed by atoms with van der Waals surface area (Å²) in [6.07, 6.45) is 0.750. The first-order valence-electron chi connectivity index (χ1n) is 4.61. The Morgan fingerprint density at radius 3 is 1.79 bits per heavy atom. The second-order valence-corrected chi connectivity index (χ2v) is 4.03. The van der Waals surface area contributed by atoms with Gasteiger partial charge in [-0.25, -0.2) is 0 Å². The third-order valence-corrected chi connectivity index (χ3v) is 1.73. The Morgan fingerprint density at radius 1 is 1.14 bits per heavy atom. The van der Waals surface area contributed by atoms with E-state index < -0.39 is 0 Å². The highest BCUT2D eigenvalue weighted by molar-refractivity contribution is 5.44. The monoisotopic (exact) mass is 194 g/mol. The molecule has 0 unspecified atom stereocenters. The van der Waals surface area contributed by atoms with Crippen LogP contribution >= 0.6 is 0 Å². The van der Waals surface area contributed by atoms with Crippen molar-refractivity contribution < 1.29 is 9.90 Å². The average molecular weight is 194 g/mol. The van der Waals surface area contributed by atoms with Crippen LogP contribution in [0.5, 0.6) is 5.75 Å². The lowest BCUT2D eigenvalue weighted by Gasteiger charge is -2.18. The van der Waals surface area contributed by atoms with E-state index in [0.717, 1.165) is 6.29 Å². The van der Waals surface area contributed by atoms with E-state index in [2.05, 4.69) is 20.8 Å². The molecule has 0 saturated carbocycles. The van der Waals surface area contributed by atoms with Gasteiger partial charge in [0.05, 0.1) is 0 Å². The first kappa shape index (κ1) is 12.7. The smallest absolute Gasteiger partial charge is 0.116 e. The summed E-state index contributed by atoms with van der Waals surface area (Å²) in [5.74, 6) is 0.331. The predicted octanol–water partition coefficient (Wildman–Crippen LogP) is 2.89. The number of carbonyl (C=O) groups excluding carboxylic acids is 1. The minimum atomic E-state index is 0.174. The van der Waals surface area contributed by atoms with Crippen LogP contribution in [0.1, 0.15) is 33.3 Å². The number of hydrogen-bond donors (Lipinski definition) is 1. The molecular formula is C12H18O2. The Balaban J connectivity index is 0.000000500. The minimum Gasteiger partial charge on any atom is -0.508 e. The van der Waals surface area contributed by atoms with Crippen LogP contribution in [0, 0.1) is 0 Å². The van der Waals surface area contributed by atoms with Gasteiger partial charge in [0.1, 0.15) is 12.0 Å². The Hall–Kier alpha value is -1.31. The molecule has 0 spiro atoms. The molecule has 1 N–H and O–H groups in total. The molecule has 78 valence electrons. The molecule has 14 heavy (non-hydrogen) atoms. The standard InChI is InChI=1S/C10H14O.C2H4O/c1-10(2,3)8-4-6-9(11)7-5-8;1-2-3/h4-7,11H,1-3H3;2H,1H3. The second kappa shape index (κ2) is 5.43. The zero-order valence-electron chi connectivity index (χ0n) is 9.24. The van der Waals surface area contributed by atoms with E-state index in [1.807, 2.05) is 12.1 Å². The van der Waals surface area contributed by atoms with Crippen LogP contribution in [-0.2, 0) is 10.2 Å². The van der Waals surface area contributed by atoms with Crippen molar-refractivity contribution in [1.82, 2.24) is 0 Å². The normalized spacial score (nSPS) is 10.0. The lowest BCUT2D eigenvalue weighted by atomic mass is 9.87. The van der Waals surface area contributed by atoms with Gasteiger partial charge in [0.2, 0.25) is 0 Å². The van der Waals surface area contributed by atoms with Crippen molar-refractivity contribution in [3.8, 4) is 5.75 Å². The zero-order valence-corrected chi connectivity index (χ0v) is 9.24. The highest BCUT2D eigenvalue weighted by Gasteiger charge is 2.12. The average Bonchev–Trinajstić information content (AvgIpc) is 2.04. The molecule has 2 nitrogen and oxygen atoms in total. The first-order chi connectivity index (χ1) is 6.41. The Bertz CT molecular complexity index is 267. The molecule has 0 radical (unpaired) electrons. The second-order valence-electron chi connectivity index (χ2n) is 4.03. The summed E-state index contributed by atoms with van der Waals surface area (Å²) in [5, 5.41) is 9.02. The number of rotatable bonds is 0. The van der Waals surface area contributed by atoms with E-state index in [-0.39, 0.29) is 5.41 Å². The lowest BCUT2D eigenvalue weighted by molar-refractivity contribution is -0.106. The van der Waals surface area contributed by atoms with Crippen molar-refractivity contribution in [3.63, 3.8) is 0 Å². The van der Waals surface area contributed by atoms with Crippen molar-refractivity contribution >= 4 is 6.29 Å². The van der Waals surface area contributed by atoms with Gasteiger partial charge in [-0.3, -0.25) is 0 Å². The van der Waals surface area contributed by atoms with Gasteiger partial charge in [-0.05, 0) is 30.0 Å². The summed E-state index contributed by atoms with van der Waals surface area (Å²) in [6.45, 7) is 7.90. The van der Waals surface area contributed by atoms with Gasteiger partial charge in [0.25, 0.3) is 0 Å². The summed E-state index contributed by atoms with van der Waals surface area (Å²) in [5.41, 5.74) is 1.42. The number of aromatic hydroxyl groups is 1. The van der Waals surface area contributed by atoms with Crippen LogP contribution in [-0.4, -0.2) is 11.4 Å². The molecule has 0 saturated heterocycles. The van der Waals surface area contributed by atoms with Gasteiger partial charge < -0.3 is 9.90 Å². The summed E-state index contributed by atoms with van der Waals surface area (Å²) < 4.78 is 0. The Morgan fingerprint density at radius 2 is 1.50 bits per heavy atom. The summed E-state index contributed by atoms with van der Waals surface area (Å²) in [6, 6.07) is 7.35. The molecule has 0 amide bonds. The molecular weight excluding hydrogens is 176 g/mol. The van der Waals surface area contributed by atoms with Crippen LogP contribution in [0.15, 0.2) is 24.3 Å². The number of carbonyl (C=O) groups is 1. The highest BCUT2D eigenvalue weighted by atomic mass is 16.3. The van der Waals surface area contributed by atoms with Crippen LogP contribution in [0.2, 0.25) is 0 Å². The van der Waals surface area contributed by atoms with E-state index in [9.17, 15) is 0 Å². The van der Waals surface area contributed by atoms with Crippen molar-refractivity contribution in [1.29, 1.82) is 0 Å². The van der Waals surface area contributed by atoms with Crippen molar-refractivity contribution in [2.45, 2.75) is 33.1 Å². The van der Waals surface area contributed by atoms with Gasteiger partial charge in [-0.1, -0.05) is 32.9 Å². The van der Waals surface area contributed by atoms with Gasteiger partial charge in [0.15, 0.2) is 0 Å². The van der Waals surface area contributed by atoms with Gasteiger partial charge in [-0.2, -0.15) is 0 Å². The van der Waals surface area contributed by atoms with E-state index >= 15 is 0 Å². The number of benzene rings is 1. The molecule has 0 bridgehead atoms. The quantitative estimate of drug-likeness (QED) is 0.645. The fourth-order valence-electron chi connectivity index (χ4n) is 0.961. The molecule has 1 rings (SSSR count). The number of hydrogen-bond acceptors (Lipinski definition) is 2. The molecule has 1 aromatic carbocycles. The van der Waals surface area contributed by atoms with Crippen LogP contribution in [0.25, 0.3) is 0 Å². The number of phenolic OH excluding ortho intramolecular Hbond substituents is 1. The zero-order chi connectivity index (χ0) is 11.2. The molecule has 0 aliphatic carbocycles. The van der Waals surface area contributed by atoms with Gasteiger partial charge in [0, 0.05) is 0 Å². The molecule has 0 atom stereocenters. The summed E-state index contributed by atoms with van der Waals surface area (Å²) in [7, 11) is 0. The third-order valence-electron chi connectivity index (χ3n) is 1.73. The molecule has 0 aromatic heterocycles.